The standard InChI is InChI=1S/C11H11F4NO2/c1-18-9(17)5-8(16)6-3-2-4-7(10(6)12)11(13,14)15/h2-4,8H,5,16H2,1H3/t8-/m1/s1. The second kappa shape index (κ2) is 5.34. The van der Waals surface area contributed by atoms with Crippen LogP contribution in [0.3, 0.4) is 0 Å². The van der Waals surface area contributed by atoms with E-state index in [1.807, 2.05) is 0 Å². The van der Waals surface area contributed by atoms with E-state index < -0.39 is 36.0 Å². The summed E-state index contributed by atoms with van der Waals surface area (Å²) in [5.74, 6) is -2.18. The maximum absolute atomic E-state index is 13.6. The maximum atomic E-state index is 13.6. The smallest absolute Gasteiger partial charge is 0.419 e. The lowest BCUT2D eigenvalue weighted by Crippen LogP contribution is -2.19. The van der Waals surface area contributed by atoms with Crippen LogP contribution >= 0.6 is 0 Å². The SMILES string of the molecule is COC(=O)C[C@@H](N)c1cccc(C(F)(F)F)c1F. The fourth-order valence-corrected chi connectivity index (χ4v) is 1.43. The van der Waals surface area contributed by atoms with Crippen molar-refractivity contribution in [3.63, 3.8) is 0 Å². The van der Waals surface area contributed by atoms with Crippen LogP contribution in [0.1, 0.15) is 23.6 Å². The summed E-state index contributed by atoms with van der Waals surface area (Å²) in [7, 11) is 1.11. The molecule has 18 heavy (non-hydrogen) atoms. The third-order valence-electron chi connectivity index (χ3n) is 2.35. The lowest BCUT2D eigenvalue weighted by molar-refractivity contribution is -0.141. The van der Waals surface area contributed by atoms with Crippen molar-refractivity contribution >= 4 is 5.97 Å². The number of rotatable bonds is 3. The van der Waals surface area contributed by atoms with Crippen molar-refractivity contribution in [1.29, 1.82) is 0 Å². The third kappa shape index (κ3) is 3.19. The molecule has 0 saturated carbocycles. The summed E-state index contributed by atoms with van der Waals surface area (Å²) in [6.45, 7) is 0. The van der Waals surface area contributed by atoms with Crippen LogP contribution < -0.4 is 5.73 Å². The van der Waals surface area contributed by atoms with Gasteiger partial charge in [0, 0.05) is 11.6 Å². The number of carbonyl (C=O) groups is 1. The van der Waals surface area contributed by atoms with E-state index in [1.165, 1.54) is 0 Å². The molecule has 1 aromatic rings. The van der Waals surface area contributed by atoms with Crippen molar-refractivity contribution in [3.05, 3.63) is 35.1 Å². The monoisotopic (exact) mass is 265 g/mol. The number of alkyl halides is 3. The Hall–Kier alpha value is -1.63. The Balaban J connectivity index is 3.07. The molecule has 2 N–H and O–H groups in total. The number of ether oxygens (including phenoxy) is 1. The highest BCUT2D eigenvalue weighted by atomic mass is 19.4. The van der Waals surface area contributed by atoms with Gasteiger partial charge in [-0.2, -0.15) is 13.2 Å². The van der Waals surface area contributed by atoms with Crippen LogP contribution in [0, 0.1) is 5.82 Å². The summed E-state index contributed by atoms with van der Waals surface area (Å²) in [5.41, 5.74) is 3.71. The van der Waals surface area contributed by atoms with E-state index in [2.05, 4.69) is 4.74 Å². The summed E-state index contributed by atoms with van der Waals surface area (Å²) >= 11 is 0. The number of hydrogen-bond acceptors (Lipinski definition) is 3. The highest BCUT2D eigenvalue weighted by molar-refractivity contribution is 5.70. The maximum Gasteiger partial charge on any atom is 0.419 e. The van der Waals surface area contributed by atoms with Gasteiger partial charge < -0.3 is 10.5 Å². The van der Waals surface area contributed by atoms with Crippen molar-refractivity contribution < 1.29 is 27.1 Å². The Morgan fingerprint density at radius 3 is 2.56 bits per heavy atom. The summed E-state index contributed by atoms with van der Waals surface area (Å²) in [4.78, 5) is 10.9. The van der Waals surface area contributed by atoms with Crippen molar-refractivity contribution in [2.45, 2.75) is 18.6 Å². The van der Waals surface area contributed by atoms with Crippen LogP contribution in [0.2, 0.25) is 0 Å². The highest BCUT2D eigenvalue weighted by Gasteiger charge is 2.35. The van der Waals surface area contributed by atoms with Gasteiger partial charge in [0.15, 0.2) is 0 Å². The van der Waals surface area contributed by atoms with E-state index in [-0.39, 0.29) is 5.56 Å². The molecule has 0 saturated heterocycles. The number of carbonyl (C=O) groups excluding carboxylic acids is 1. The average molecular weight is 265 g/mol. The number of methoxy groups -OCH3 is 1. The Morgan fingerprint density at radius 1 is 1.44 bits per heavy atom. The van der Waals surface area contributed by atoms with Crippen molar-refractivity contribution in [2.75, 3.05) is 7.11 Å². The minimum absolute atomic E-state index is 0.366. The Morgan fingerprint density at radius 2 is 2.06 bits per heavy atom. The molecule has 0 heterocycles. The van der Waals surface area contributed by atoms with E-state index in [1.54, 1.807) is 0 Å². The normalized spacial score (nSPS) is 13.2. The third-order valence-corrected chi connectivity index (χ3v) is 2.35. The van der Waals surface area contributed by atoms with Gasteiger partial charge in [-0.15, -0.1) is 0 Å². The highest BCUT2D eigenvalue weighted by Crippen LogP contribution is 2.33. The van der Waals surface area contributed by atoms with E-state index in [0.29, 0.717) is 6.07 Å². The van der Waals surface area contributed by atoms with Gasteiger partial charge in [0.05, 0.1) is 19.1 Å². The number of halogens is 4. The zero-order valence-corrected chi connectivity index (χ0v) is 9.42. The molecule has 0 aliphatic heterocycles. The van der Waals surface area contributed by atoms with Crippen LogP contribution in [0.15, 0.2) is 18.2 Å². The molecule has 0 bridgehead atoms. The molecule has 0 amide bonds. The number of hydrogen-bond donors (Lipinski definition) is 1. The summed E-state index contributed by atoms with van der Waals surface area (Å²) in [5, 5.41) is 0. The quantitative estimate of drug-likeness (QED) is 0.674. The first-order valence-electron chi connectivity index (χ1n) is 4.95. The molecule has 0 radical (unpaired) electrons. The fraction of sp³-hybridized carbons (Fsp3) is 0.364. The zero-order chi connectivity index (χ0) is 13.9. The number of esters is 1. The summed E-state index contributed by atoms with van der Waals surface area (Å²) < 4.78 is 55.3. The van der Waals surface area contributed by atoms with Crippen LogP contribution in [0.5, 0.6) is 0 Å². The van der Waals surface area contributed by atoms with Gasteiger partial charge in [-0.1, -0.05) is 12.1 Å². The minimum atomic E-state index is -4.80. The van der Waals surface area contributed by atoms with E-state index in [0.717, 1.165) is 19.2 Å². The molecule has 7 heteroatoms. The topological polar surface area (TPSA) is 52.3 Å². The minimum Gasteiger partial charge on any atom is -0.469 e. The molecule has 0 fully saturated rings. The molecule has 0 aliphatic rings. The molecule has 0 aromatic heterocycles. The van der Waals surface area contributed by atoms with Gasteiger partial charge in [-0.25, -0.2) is 4.39 Å². The molecule has 0 aliphatic carbocycles. The molecule has 0 spiro atoms. The van der Waals surface area contributed by atoms with Crippen molar-refractivity contribution in [3.8, 4) is 0 Å². The number of benzene rings is 1. The van der Waals surface area contributed by atoms with Crippen molar-refractivity contribution in [1.82, 2.24) is 0 Å². The van der Waals surface area contributed by atoms with Gasteiger partial charge in [-0.05, 0) is 6.07 Å². The van der Waals surface area contributed by atoms with Crippen LogP contribution in [0.4, 0.5) is 17.6 Å². The number of nitrogens with two attached hydrogens (primary N) is 1. The lowest BCUT2D eigenvalue weighted by Gasteiger charge is -2.15. The van der Waals surface area contributed by atoms with Gasteiger partial charge in [0.2, 0.25) is 0 Å². The first-order chi connectivity index (χ1) is 8.27. The molecule has 1 rings (SSSR count). The van der Waals surface area contributed by atoms with Crippen LogP contribution in [-0.2, 0) is 15.7 Å². The second-order valence-electron chi connectivity index (χ2n) is 3.59. The second-order valence-corrected chi connectivity index (χ2v) is 3.59. The Labute approximate surface area is 101 Å². The van der Waals surface area contributed by atoms with Gasteiger partial charge in [-0.3, -0.25) is 4.79 Å². The average Bonchev–Trinajstić information content (AvgIpc) is 2.27. The first-order valence-corrected chi connectivity index (χ1v) is 4.95. The Kier molecular flexibility index (Phi) is 4.28. The van der Waals surface area contributed by atoms with Gasteiger partial charge >= 0.3 is 12.1 Å². The summed E-state index contributed by atoms with van der Waals surface area (Å²) in [6, 6.07) is 1.58. The lowest BCUT2D eigenvalue weighted by atomic mass is 10.0. The van der Waals surface area contributed by atoms with E-state index >= 15 is 0 Å². The van der Waals surface area contributed by atoms with Gasteiger partial charge in [0.25, 0.3) is 0 Å². The van der Waals surface area contributed by atoms with Crippen LogP contribution in [0.25, 0.3) is 0 Å². The van der Waals surface area contributed by atoms with Crippen LogP contribution in [-0.4, -0.2) is 13.1 Å². The molecule has 1 atom stereocenters. The van der Waals surface area contributed by atoms with E-state index in [9.17, 15) is 22.4 Å². The molecule has 0 unspecified atom stereocenters. The largest absolute Gasteiger partial charge is 0.469 e. The molecule has 100 valence electrons. The Bertz CT molecular complexity index is 445. The molecule has 1 aromatic carbocycles. The summed E-state index contributed by atoms with van der Waals surface area (Å²) in [6.07, 6.45) is -5.19. The van der Waals surface area contributed by atoms with Crippen molar-refractivity contribution in [2.24, 2.45) is 5.73 Å². The van der Waals surface area contributed by atoms with Gasteiger partial charge in [0.1, 0.15) is 5.82 Å². The predicted octanol–water partition coefficient (Wildman–Crippen LogP) is 2.41. The predicted molar refractivity (Wildman–Crippen MR) is 55.0 cm³/mol. The van der Waals surface area contributed by atoms with E-state index in [4.69, 9.17) is 5.73 Å². The molecular formula is C11H11F4NO2. The molecular weight excluding hydrogens is 254 g/mol. The first kappa shape index (κ1) is 14.4. The fourth-order valence-electron chi connectivity index (χ4n) is 1.43. The molecule has 3 nitrogen and oxygen atoms in total. The zero-order valence-electron chi connectivity index (χ0n) is 9.42.